The first-order valence-electron chi connectivity index (χ1n) is 8.86. The fourth-order valence-electron chi connectivity index (χ4n) is 1.36. The Morgan fingerprint density at radius 2 is 1.30 bits per heavy atom. The van der Waals surface area contributed by atoms with E-state index in [0.717, 1.165) is 28.3 Å². The minimum atomic E-state index is -0.00463. The molecule has 0 radical (unpaired) electrons. The van der Waals surface area contributed by atoms with E-state index in [4.69, 9.17) is 0 Å². The van der Waals surface area contributed by atoms with Crippen LogP contribution in [0.4, 0.5) is 0 Å². The molecule has 27 heavy (non-hydrogen) atoms. The Kier molecular flexibility index (Phi) is 17.5. The highest BCUT2D eigenvalue weighted by Gasteiger charge is 2.08. The average molecular weight is 381 g/mol. The molecule has 0 amide bonds. The lowest BCUT2D eigenvalue weighted by Crippen LogP contribution is -2.15. The molecule has 1 atom stereocenters. The van der Waals surface area contributed by atoms with E-state index in [2.05, 4.69) is 15.3 Å². The topological polar surface area (TPSA) is 93.9 Å². The lowest BCUT2D eigenvalue weighted by Gasteiger charge is -2.09. The highest BCUT2D eigenvalue weighted by molar-refractivity contribution is 6.02. The zero-order valence-corrected chi connectivity index (χ0v) is 19.2. The van der Waals surface area contributed by atoms with Crippen LogP contribution in [0.25, 0.3) is 0 Å². The molecule has 0 rings (SSSR count). The zero-order chi connectivity index (χ0) is 22.3. The number of allylic oxidation sites excluding steroid dienone is 4. The predicted molar refractivity (Wildman–Crippen MR) is 114 cm³/mol. The third-order valence-electron chi connectivity index (χ3n) is 4.46. The summed E-state index contributed by atoms with van der Waals surface area (Å²) in [5, 5.41) is 13.5. The third-order valence-corrected chi connectivity index (χ3v) is 4.46. The van der Waals surface area contributed by atoms with Gasteiger partial charge in [-0.3, -0.25) is 19.6 Å². The number of Topliss-reactive ketones (excluding diaryl/α,β-unsaturated/α-hetero) is 2. The molecule has 0 heterocycles. The van der Waals surface area contributed by atoms with Gasteiger partial charge < -0.3 is 10.4 Å². The van der Waals surface area contributed by atoms with E-state index in [1.807, 2.05) is 41.7 Å². The minimum absolute atomic E-state index is 0.00463. The molecule has 0 saturated heterocycles. The van der Waals surface area contributed by atoms with Gasteiger partial charge in [0.25, 0.3) is 0 Å². The Bertz CT molecular complexity index is 608. The van der Waals surface area contributed by atoms with Crippen molar-refractivity contribution in [3.63, 3.8) is 0 Å². The maximum atomic E-state index is 10.7. The van der Waals surface area contributed by atoms with E-state index in [-0.39, 0.29) is 23.2 Å². The summed E-state index contributed by atoms with van der Waals surface area (Å²) in [4.78, 5) is 29.1. The quantitative estimate of drug-likeness (QED) is 0.450. The van der Waals surface area contributed by atoms with Crippen LogP contribution in [0, 0.1) is 5.92 Å². The molecule has 1 unspecified atom stereocenters. The summed E-state index contributed by atoms with van der Waals surface area (Å²) in [7, 11) is 5.19. The van der Waals surface area contributed by atoms with Crippen LogP contribution in [0.3, 0.4) is 0 Å². The maximum absolute atomic E-state index is 10.7. The summed E-state index contributed by atoms with van der Waals surface area (Å²) in [5.41, 5.74) is 4.22. The van der Waals surface area contributed by atoms with E-state index in [1.165, 1.54) is 0 Å². The molecule has 0 aromatic carbocycles. The van der Waals surface area contributed by atoms with Crippen molar-refractivity contribution >= 4 is 23.0 Å². The highest BCUT2D eigenvalue weighted by Crippen LogP contribution is 2.00. The van der Waals surface area contributed by atoms with Gasteiger partial charge in [-0.1, -0.05) is 13.8 Å². The van der Waals surface area contributed by atoms with E-state index >= 15 is 0 Å². The first-order chi connectivity index (χ1) is 12.3. The van der Waals surface area contributed by atoms with Gasteiger partial charge in [0.05, 0.1) is 5.92 Å². The summed E-state index contributed by atoms with van der Waals surface area (Å²) < 4.78 is 0. The van der Waals surface area contributed by atoms with Crippen LogP contribution in [-0.4, -0.2) is 44.1 Å². The molecule has 0 fully saturated rings. The van der Waals surface area contributed by atoms with Crippen LogP contribution in [-0.2, 0) is 9.59 Å². The van der Waals surface area contributed by atoms with Crippen molar-refractivity contribution in [3.8, 4) is 0 Å². The van der Waals surface area contributed by atoms with Crippen molar-refractivity contribution < 1.29 is 14.7 Å². The minimum Gasteiger partial charge on any atom is -0.875 e. The number of carbonyl (C=O) groups is 2. The molecule has 0 spiro atoms. The van der Waals surface area contributed by atoms with Gasteiger partial charge in [-0.15, -0.1) is 5.76 Å². The molecule has 6 heteroatoms. The zero-order valence-electron chi connectivity index (χ0n) is 19.2. The Hall–Kier alpha value is -2.24. The van der Waals surface area contributed by atoms with Crippen LogP contribution < -0.4 is 10.4 Å². The monoisotopic (exact) mass is 380 g/mol. The van der Waals surface area contributed by atoms with Gasteiger partial charge in [-0.25, -0.2) is 0 Å². The SMILES string of the molecule is CN/C(C)=C(/C)C(C)=O.CN=C(C)/C(C)=C(/C)[O-].CN=C(C)C(C)C(C)=O. The van der Waals surface area contributed by atoms with Crippen molar-refractivity contribution in [2.75, 3.05) is 21.1 Å². The van der Waals surface area contributed by atoms with Crippen molar-refractivity contribution in [2.24, 2.45) is 15.9 Å². The van der Waals surface area contributed by atoms with Crippen molar-refractivity contribution in [2.45, 2.75) is 62.3 Å². The molecule has 0 aliphatic rings. The van der Waals surface area contributed by atoms with Crippen LogP contribution in [0.2, 0.25) is 0 Å². The standard InChI is InChI=1S/3C7H13NO/c3*1-5(7(3)9)6(2)8-4/h9H,1-4H3;8H,1-4H3;5H,1-4H3/p-1/b7-5-,8-6?;6-5-;. The molecule has 0 saturated carbocycles. The molecule has 156 valence electrons. The third kappa shape index (κ3) is 14.6. The lowest BCUT2D eigenvalue weighted by atomic mass is 10.0. The molecule has 0 aliphatic heterocycles. The van der Waals surface area contributed by atoms with Crippen LogP contribution >= 0.6 is 0 Å². The van der Waals surface area contributed by atoms with Crippen molar-refractivity contribution in [1.29, 1.82) is 0 Å². The number of hydrogen-bond acceptors (Lipinski definition) is 6. The van der Waals surface area contributed by atoms with E-state index in [9.17, 15) is 14.7 Å². The Balaban J connectivity index is -0.000000320. The highest BCUT2D eigenvalue weighted by atomic mass is 16.3. The van der Waals surface area contributed by atoms with Gasteiger partial charge in [0, 0.05) is 43.8 Å². The van der Waals surface area contributed by atoms with Gasteiger partial charge in [0.1, 0.15) is 5.78 Å². The molecule has 0 aliphatic carbocycles. The lowest BCUT2D eigenvalue weighted by molar-refractivity contribution is -0.302. The number of nitrogens with one attached hydrogen (secondary N) is 1. The fourth-order valence-corrected chi connectivity index (χ4v) is 1.36. The molecule has 0 aromatic rings. The summed E-state index contributed by atoms with van der Waals surface area (Å²) in [6.45, 7) is 15.7. The number of nitrogens with zero attached hydrogens (tertiary/aromatic N) is 2. The number of hydrogen-bond donors (Lipinski definition) is 1. The first kappa shape index (κ1) is 29.5. The van der Waals surface area contributed by atoms with Gasteiger partial charge in [-0.2, -0.15) is 0 Å². The molecular weight excluding hydrogens is 342 g/mol. The van der Waals surface area contributed by atoms with Gasteiger partial charge in [0.2, 0.25) is 0 Å². The number of carbonyl (C=O) groups excluding carboxylic acids is 2. The number of rotatable bonds is 5. The largest absolute Gasteiger partial charge is 0.875 e. The fraction of sp³-hybridized carbons (Fsp3) is 0.619. The molecule has 0 aromatic heterocycles. The number of aliphatic imine (C=N–C) groups is 2. The second-order valence-electron chi connectivity index (χ2n) is 6.24. The molecular formula is C21H38N3O3-. The predicted octanol–water partition coefficient (Wildman–Crippen LogP) is 3.12. The summed E-state index contributed by atoms with van der Waals surface area (Å²) in [6, 6.07) is 0. The van der Waals surface area contributed by atoms with Crippen molar-refractivity contribution in [3.05, 3.63) is 22.6 Å². The van der Waals surface area contributed by atoms with Crippen LogP contribution in [0.1, 0.15) is 62.3 Å². The second kappa shape index (κ2) is 16.0. The van der Waals surface area contributed by atoms with Crippen LogP contribution in [0.5, 0.6) is 0 Å². The van der Waals surface area contributed by atoms with Crippen molar-refractivity contribution in [1.82, 2.24) is 5.32 Å². The summed E-state index contributed by atoms with van der Waals surface area (Å²) in [6.07, 6.45) is 0. The normalized spacial score (nSPS) is 14.4. The maximum Gasteiger partial charge on any atom is 0.157 e. The Morgan fingerprint density at radius 1 is 0.852 bits per heavy atom. The van der Waals surface area contributed by atoms with Crippen LogP contribution in [0.15, 0.2) is 32.6 Å². The first-order valence-corrected chi connectivity index (χ1v) is 8.86. The van der Waals surface area contributed by atoms with Gasteiger partial charge in [-0.05, 0) is 54.0 Å². The summed E-state index contributed by atoms with van der Waals surface area (Å²) >= 11 is 0. The van der Waals surface area contributed by atoms with Gasteiger partial charge >= 0.3 is 0 Å². The van der Waals surface area contributed by atoms with E-state index in [1.54, 1.807) is 41.8 Å². The van der Waals surface area contributed by atoms with E-state index < -0.39 is 0 Å². The smallest absolute Gasteiger partial charge is 0.157 e. The second-order valence-corrected chi connectivity index (χ2v) is 6.24. The molecule has 0 bridgehead atoms. The number of ketones is 2. The Morgan fingerprint density at radius 3 is 1.41 bits per heavy atom. The Labute approximate surface area is 165 Å². The molecule has 6 nitrogen and oxygen atoms in total. The average Bonchev–Trinajstić information content (AvgIpc) is 2.64. The molecule has 1 N–H and O–H groups in total. The summed E-state index contributed by atoms with van der Waals surface area (Å²) in [5.74, 6) is 0.396. The van der Waals surface area contributed by atoms with Gasteiger partial charge in [0.15, 0.2) is 5.78 Å². The van der Waals surface area contributed by atoms with E-state index in [0.29, 0.717) is 0 Å².